The van der Waals surface area contributed by atoms with Crippen LogP contribution in [0.15, 0.2) is 77.2 Å². The number of carbonyl (C=O) groups is 1. The maximum absolute atomic E-state index is 12.9. The van der Waals surface area contributed by atoms with Crippen molar-refractivity contribution in [1.82, 2.24) is 10.4 Å². The van der Waals surface area contributed by atoms with Gasteiger partial charge in [0.15, 0.2) is 5.13 Å². The number of hydrazone groups is 1. The Morgan fingerprint density at radius 3 is 2.61 bits per heavy atom. The summed E-state index contributed by atoms with van der Waals surface area (Å²) in [6.45, 7) is 0.463. The average Bonchev–Trinajstić information content (AvgIpc) is 3.30. The van der Waals surface area contributed by atoms with E-state index in [1.54, 1.807) is 5.38 Å². The van der Waals surface area contributed by atoms with E-state index in [-0.39, 0.29) is 18.0 Å². The van der Waals surface area contributed by atoms with E-state index >= 15 is 0 Å². The quantitative estimate of drug-likeness (QED) is 0.106. The Labute approximate surface area is 248 Å². The van der Waals surface area contributed by atoms with Crippen LogP contribution >= 0.6 is 56.5 Å². The number of amides is 1. The van der Waals surface area contributed by atoms with E-state index in [9.17, 15) is 18.0 Å². The van der Waals surface area contributed by atoms with Crippen molar-refractivity contribution in [3.63, 3.8) is 0 Å². The van der Waals surface area contributed by atoms with Gasteiger partial charge < -0.3 is 10.1 Å². The molecule has 0 aliphatic rings. The summed E-state index contributed by atoms with van der Waals surface area (Å²) in [5.41, 5.74) is 4.31. The third kappa shape index (κ3) is 8.39. The number of hydrogen-bond donors (Lipinski definition) is 2. The highest BCUT2D eigenvalue weighted by atomic mass is 127. The lowest BCUT2D eigenvalue weighted by Crippen LogP contribution is -2.19. The van der Waals surface area contributed by atoms with E-state index in [0.29, 0.717) is 17.4 Å². The second kappa shape index (κ2) is 12.9. The van der Waals surface area contributed by atoms with Gasteiger partial charge >= 0.3 is 6.18 Å². The van der Waals surface area contributed by atoms with Gasteiger partial charge in [-0.15, -0.1) is 11.3 Å². The lowest BCUT2D eigenvalue weighted by Gasteiger charge is -2.09. The predicted octanol–water partition coefficient (Wildman–Crippen LogP) is 7.39. The molecule has 1 heterocycles. The van der Waals surface area contributed by atoms with Crippen LogP contribution in [0, 0.1) is 7.14 Å². The fraction of sp³-hybridized carbons (Fsp3) is 0.115. The number of aromatic nitrogens is 1. The molecule has 2 N–H and O–H groups in total. The summed E-state index contributed by atoms with van der Waals surface area (Å²) in [5.74, 6) is 0.382. The zero-order chi connectivity index (χ0) is 27.1. The normalized spacial score (nSPS) is 11.5. The fourth-order valence-electron chi connectivity index (χ4n) is 3.18. The van der Waals surface area contributed by atoms with Crippen LogP contribution in [0.4, 0.5) is 24.0 Å². The van der Waals surface area contributed by atoms with Gasteiger partial charge in [0.25, 0.3) is 0 Å². The number of benzene rings is 3. The molecule has 38 heavy (non-hydrogen) atoms. The van der Waals surface area contributed by atoms with Gasteiger partial charge in [-0.1, -0.05) is 18.2 Å². The first-order valence-corrected chi connectivity index (χ1v) is 14.1. The van der Waals surface area contributed by atoms with E-state index in [0.717, 1.165) is 32.6 Å². The first kappa shape index (κ1) is 28.3. The summed E-state index contributed by atoms with van der Waals surface area (Å²) in [7, 11) is 0. The molecule has 12 heteroatoms. The molecule has 0 aliphatic heterocycles. The second-order valence-corrected chi connectivity index (χ2v) is 11.2. The number of halogens is 5. The molecule has 0 saturated heterocycles. The Hall–Kier alpha value is -2.72. The molecule has 0 unspecified atom stereocenters. The molecule has 0 atom stereocenters. The van der Waals surface area contributed by atoms with Crippen LogP contribution in [-0.2, 0) is 24.0 Å². The van der Waals surface area contributed by atoms with Crippen molar-refractivity contribution in [2.24, 2.45) is 5.10 Å². The van der Waals surface area contributed by atoms with Crippen LogP contribution in [0.25, 0.3) is 0 Å². The third-order valence-electron chi connectivity index (χ3n) is 5.00. The van der Waals surface area contributed by atoms with Crippen LogP contribution in [0.1, 0.15) is 22.4 Å². The van der Waals surface area contributed by atoms with Crippen molar-refractivity contribution in [3.05, 3.63) is 102 Å². The Kier molecular flexibility index (Phi) is 9.59. The summed E-state index contributed by atoms with van der Waals surface area (Å²) in [6.07, 6.45) is -2.93. The third-order valence-corrected chi connectivity index (χ3v) is 7.37. The molecule has 196 valence electrons. The van der Waals surface area contributed by atoms with E-state index in [4.69, 9.17) is 4.74 Å². The predicted molar refractivity (Wildman–Crippen MR) is 159 cm³/mol. The summed E-state index contributed by atoms with van der Waals surface area (Å²) < 4.78 is 46.7. The van der Waals surface area contributed by atoms with Gasteiger partial charge in [-0.2, -0.15) is 18.3 Å². The lowest BCUT2D eigenvalue weighted by molar-refractivity contribution is -0.137. The number of alkyl halides is 3. The standard InChI is InChI=1S/C26H19F3I2N4O2S/c27-26(28,29)18-2-1-3-20(11-18)33-25-34-21(15-38-25)12-24(36)35-32-13-17-6-9-23(22(31)10-17)37-14-16-4-7-19(30)8-5-16/h1-11,13,15H,12,14H2,(H,33,34)(H,35,36)/b32-13-. The number of nitrogens with one attached hydrogen (secondary N) is 2. The van der Waals surface area contributed by atoms with Crippen LogP contribution in [0.2, 0.25) is 0 Å². The van der Waals surface area contributed by atoms with Gasteiger partial charge in [-0.05, 0) is 105 Å². The van der Waals surface area contributed by atoms with Crippen LogP contribution in [0.3, 0.4) is 0 Å². The summed E-state index contributed by atoms with van der Waals surface area (Å²) in [5, 5.41) is 8.89. The van der Waals surface area contributed by atoms with E-state index in [2.05, 4.69) is 66.0 Å². The summed E-state index contributed by atoms with van der Waals surface area (Å²) in [4.78, 5) is 16.5. The molecule has 1 aromatic heterocycles. The van der Waals surface area contributed by atoms with Crippen LogP contribution < -0.4 is 15.5 Å². The molecule has 0 saturated carbocycles. The number of hydrogen-bond acceptors (Lipinski definition) is 6. The van der Waals surface area contributed by atoms with E-state index in [1.165, 1.54) is 33.3 Å². The van der Waals surface area contributed by atoms with Crippen LogP contribution in [0.5, 0.6) is 5.75 Å². The highest BCUT2D eigenvalue weighted by Crippen LogP contribution is 2.32. The molecular weight excluding hydrogens is 743 g/mol. The lowest BCUT2D eigenvalue weighted by atomic mass is 10.2. The molecule has 0 bridgehead atoms. The Bertz CT molecular complexity index is 1440. The second-order valence-electron chi connectivity index (χ2n) is 7.92. The molecule has 4 rings (SSSR count). The summed E-state index contributed by atoms with van der Waals surface area (Å²) in [6, 6.07) is 18.5. The molecule has 6 nitrogen and oxygen atoms in total. The molecule has 0 aliphatic carbocycles. The highest BCUT2D eigenvalue weighted by molar-refractivity contribution is 14.1. The number of carbonyl (C=O) groups excluding carboxylic acids is 1. The van der Waals surface area contributed by atoms with Crippen molar-refractivity contribution < 1.29 is 22.7 Å². The zero-order valence-electron chi connectivity index (χ0n) is 19.4. The van der Waals surface area contributed by atoms with Gasteiger partial charge in [0, 0.05) is 14.6 Å². The van der Waals surface area contributed by atoms with Gasteiger partial charge in [0.1, 0.15) is 12.4 Å². The fourth-order valence-corrected chi connectivity index (χ4v) is 4.97. The number of ether oxygens (including phenoxy) is 1. The molecule has 0 spiro atoms. The Morgan fingerprint density at radius 1 is 1.08 bits per heavy atom. The number of anilines is 2. The van der Waals surface area contributed by atoms with Gasteiger partial charge in [-0.3, -0.25) is 4.79 Å². The molecular formula is C26H19F3I2N4O2S. The van der Waals surface area contributed by atoms with Gasteiger partial charge in [0.05, 0.1) is 27.5 Å². The average molecular weight is 762 g/mol. The van der Waals surface area contributed by atoms with Crippen molar-refractivity contribution in [3.8, 4) is 5.75 Å². The number of thiazole rings is 1. The van der Waals surface area contributed by atoms with E-state index < -0.39 is 11.7 Å². The van der Waals surface area contributed by atoms with Crippen molar-refractivity contribution in [2.45, 2.75) is 19.2 Å². The largest absolute Gasteiger partial charge is 0.488 e. The van der Waals surface area contributed by atoms with Gasteiger partial charge in [0.2, 0.25) is 5.91 Å². The minimum absolute atomic E-state index is 0.0268. The number of nitrogens with zero attached hydrogens (tertiary/aromatic N) is 2. The van der Waals surface area contributed by atoms with Crippen molar-refractivity contribution in [1.29, 1.82) is 0 Å². The monoisotopic (exact) mass is 762 g/mol. The maximum atomic E-state index is 12.9. The Balaban J connectivity index is 1.26. The highest BCUT2D eigenvalue weighted by Gasteiger charge is 2.30. The summed E-state index contributed by atoms with van der Waals surface area (Å²) >= 11 is 5.64. The Morgan fingerprint density at radius 2 is 1.87 bits per heavy atom. The topological polar surface area (TPSA) is 75.6 Å². The minimum atomic E-state index is -4.43. The first-order valence-electron chi connectivity index (χ1n) is 11.0. The van der Waals surface area contributed by atoms with Crippen molar-refractivity contribution >= 4 is 79.5 Å². The van der Waals surface area contributed by atoms with Crippen molar-refractivity contribution in [2.75, 3.05) is 5.32 Å². The molecule has 0 fully saturated rings. The molecule has 3 aromatic carbocycles. The van der Waals surface area contributed by atoms with Crippen LogP contribution in [-0.4, -0.2) is 17.1 Å². The van der Waals surface area contributed by atoms with E-state index in [1.807, 2.05) is 42.5 Å². The molecule has 0 radical (unpaired) electrons. The zero-order valence-corrected chi connectivity index (χ0v) is 24.6. The smallest absolute Gasteiger partial charge is 0.416 e. The number of rotatable bonds is 9. The first-order chi connectivity index (χ1) is 18.2. The maximum Gasteiger partial charge on any atom is 0.416 e. The SMILES string of the molecule is O=C(Cc1csc(Nc2cccc(C(F)(F)F)c2)n1)N/N=C\c1ccc(OCc2ccc(I)cc2)c(I)c1. The minimum Gasteiger partial charge on any atom is -0.488 e. The van der Waals surface area contributed by atoms with Gasteiger partial charge in [-0.25, -0.2) is 10.4 Å². The molecule has 4 aromatic rings. The molecule has 1 amide bonds.